The van der Waals surface area contributed by atoms with Gasteiger partial charge in [-0.1, -0.05) is 6.92 Å². The fourth-order valence-corrected chi connectivity index (χ4v) is 2.33. The van der Waals surface area contributed by atoms with Gasteiger partial charge in [0.15, 0.2) is 0 Å². The number of carbonyl (C=O) groups is 1. The summed E-state index contributed by atoms with van der Waals surface area (Å²) >= 11 is 1.43. The van der Waals surface area contributed by atoms with Crippen molar-refractivity contribution in [2.45, 2.75) is 44.6 Å². The van der Waals surface area contributed by atoms with E-state index in [1.54, 1.807) is 6.07 Å². The zero-order valence-electron chi connectivity index (χ0n) is 12.7. The van der Waals surface area contributed by atoms with Gasteiger partial charge in [-0.3, -0.25) is 4.79 Å². The molecule has 1 amide bonds. The molecular formula is C15H24N2O2S. The molecule has 0 radical (unpaired) electrons. The Kier molecular flexibility index (Phi) is 6.20. The first kappa shape index (κ1) is 16.7. The molecule has 0 aliphatic carbocycles. The molecule has 0 heterocycles. The molecule has 0 bridgehead atoms. The van der Waals surface area contributed by atoms with E-state index in [9.17, 15) is 4.79 Å². The van der Waals surface area contributed by atoms with Crippen molar-refractivity contribution in [2.75, 3.05) is 18.1 Å². The summed E-state index contributed by atoms with van der Waals surface area (Å²) in [5.74, 6) is 1.14. The third-order valence-corrected chi connectivity index (χ3v) is 4.09. The van der Waals surface area contributed by atoms with E-state index in [0.29, 0.717) is 18.0 Å². The van der Waals surface area contributed by atoms with Crippen molar-refractivity contribution in [1.82, 2.24) is 5.32 Å². The monoisotopic (exact) mass is 296 g/mol. The van der Waals surface area contributed by atoms with Gasteiger partial charge in [-0.05, 0) is 45.4 Å². The van der Waals surface area contributed by atoms with Crippen LogP contribution in [0.15, 0.2) is 23.1 Å². The highest BCUT2D eigenvalue weighted by Gasteiger charge is 2.17. The van der Waals surface area contributed by atoms with Crippen LogP contribution in [-0.4, -0.2) is 23.8 Å². The maximum absolute atomic E-state index is 11.9. The van der Waals surface area contributed by atoms with Gasteiger partial charge in [-0.15, -0.1) is 11.8 Å². The number of amides is 1. The first-order chi connectivity index (χ1) is 9.38. The Morgan fingerprint density at radius 1 is 1.40 bits per heavy atom. The third-order valence-electron chi connectivity index (χ3n) is 3.02. The average molecular weight is 296 g/mol. The lowest BCUT2D eigenvalue weighted by atomic mass is 10.0. The Morgan fingerprint density at radius 2 is 2.10 bits per heavy atom. The minimum atomic E-state index is -0.170. The maximum Gasteiger partial charge on any atom is 0.230 e. The van der Waals surface area contributed by atoms with Crippen molar-refractivity contribution in [1.29, 1.82) is 0 Å². The SMILES string of the molecule is CCOc1ccc(N)c(SCC(=O)NC(C)(C)CC)c1. The lowest BCUT2D eigenvalue weighted by Gasteiger charge is -2.24. The normalized spacial score (nSPS) is 11.2. The first-order valence-electron chi connectivity index (χ1n) is 6.84. The second-order valence-corrected chi connectivity index (χ2v) is 6.22. The highest BCUT2D eigenvalue weighted by molar-refractivity contribution is 8.00. The summed E-state index contributed by atoms with van der Waals surface area (Å²) < 4.78 is 5.44. The Balaban J connectivity index is 2.61. The van der Waals surface area contributed by atoms with Crippen LogP contribution in [0.2, 0.25) is 0 Å². The minimum Gasteiger partial charge on any atom is -0.494 e. The number of nitrogens with two attached hydrogens (primary N) is 1. The van der Waals surface area contributed by atoms with Crippen molar-refractivity contribution in [2.24, 2.45) is 0 Å². The second kappa shape index (κ2) is 7.43. The van der Waals surface area contributed by atoms with Gasteiger partial charge in [0.2, 0.25) is 5.91 Å². The molecule has 1 aromatic carbocycles. The molecule has 0 aliphatic heterocycles. The summed E-state index contributed by atoms with van der Waals surface area (Å²) in [5.41, 5.74) is 6.41. The maximum atomic E-state index is 11.9. The highest BCUT2D eigenvalue weighted by atomic mass is 32.2. The molecule has 4 nitrogen and oxygen atoms in total. The molecule has 5 heteroatoms. The summed E-state index contributed by atoms with van der Waals surface area (Å²) in [5, 5.41) is 3.00. The van der Waals surface area contributed by atoms with Crippen molar-refractivity contribution in [3.8, 4) is 5.75 Å². The van der Waals surface area contributed by atoms with Crippen molar-refractivity contribution in [3.05, 3.63) is 18.2 Å². The van der Waals surface area contributed by atoms with Gasteiger partial charge in [0.25, 0.3) is 0 Å². The number of nitrogens with one attached hydrogen (secondary N) is 1. The molecule has 0 spiro atoms. The number of hydrogen-bond donors (Lipinski definition) is 2. The van der Waals surface area contributed by atoms with Crippen molar-refractivity contribution < 1.29 is 9.53 Å². The van der Waals surface area contributed by atoms with Gasteiger partial charge in [0, 0.05) is 16.1 Å². The molecule has 0 fully saturated rings. The van der Waals surface area contributed by atoms with Crippen LogP contribution in [0, 0.1) is 0 Å². The Bertz CT molecular complexity index is 461. The number of ether oxygens (including phenoxy) is 1. The van der Waals surface area contributed by atoms with Gasteiger partial charge >= 0.3 is 0 Å². The van der Waals surface area contributed by atoms with Crippen LogP contribution in [0.5, 0.6) is 5.75 Å². The van der Waals surface area contributed by atoms with Crippen LogP contribution in [0.3, 0.4) is 0 Å². The van der Waals surface area contributed by atoms with Crippen LogP contribution < -0.4 is 15.8 Å². The summed E-state index contributed by atoms with van der Waals surface area (Å²) in [7, 11) is 0. The predicted octanol–water partition coefficient (Wildman–Crippen LogP) is 3.06. The first-order valence-corrected chi connectivity index (χ1v) is 7.82. The molecule has 112 valence electrons. The number of thioether (sulfide) groups is 1. The zero-order chi connectivity index (χ0) is 15.2. The Hall–Kier alpha value is -1.36. The largest absolute Gasteiger partial charge is 0.494 e. The third kappa shape index (κ3) is 5.33. The van der Waals surface area contributed by atoms with E-state index in [2.05, 4.69) is 12.2 Å². The molecule has 0 saturated heterocycles. The quantitative estimate of drug-likeness (QED) is 0.599. The number of benzene rings is 1. The molecule has 0 unspecified atom stereocenters. The molecule has 0 saturated carbocycles. The second-order valence-electron chi connectivity index (χ2n) is 5.21. The van der Waals surface area contributed by atoms with E-state index >= 15 is 0 Å². The van der Waals surface area contributed by atoms with E-state index in [4.69, 9.17) is 10.5 Å². The number of nitrogen functional groups attached to an aromatic ring is 1. The van der Waals surface area contributed by atoms with Crippen molar-refractivity contribution in [3.63, 3.8) is 0 Å². The Labute approximate surface area is 125 Å². The molecule has 3 N–H and O–H groups in total. The summed E-state index contributed by atoms with van der Waals surface area (Å²) in [6.07, 6.45) is 0.894. The number of hydrogen-bond acceptors (Lipinski definition) is 4. The standard InChI is InChI=1S/C15H24N2O2S/c1-5-15(3,4)17-14(18)10-20-13-9-11(19-6-2)7-8-12(13)16/h7-9H,5-6,10,16H2,1-4H3,(H,17,18). The van der Waals surface area contributed by atoms with Gasteiger partial charge < -0.3 is 15.8 Å². The lowest BCUT2D eigenvalue weighted by Crippen LogP contribution is -2.43. The average Bonchev–Trinajstić information content (AvgIpc) is 2.39. The Morgan fingerprint density at radius 3 is 2.70 bits per heavy atom. The lowest BCUT2D eigenvalue weighted by molar-refractivity contribution is -0.120. The summed E-state index contributed by atoms with van der Waals surface area (Å²) in [6.45, 7) is 8.62. The highest BCUT2D eigenvalue weighted by Crippen LogP contribution is 2.29. The molecule has 0 atom stereocenters. The van der Waals surface area contributed by atoms with Crippen LogP contribution in [0.1, 0.15) is 34.1 Å². The topological polar surface area (TPSA) is 64.3 Å². The molecule has 0 aromatic heterocycles. The van der Waals surface area contributed by atoms with Gasteiger partial charge in [0.05, 0.1) is 12.4 Å². The van der Waals surface area contributed by atoms with Crippen molar-refractivity contribution >= 4 is 23.4 Å². The summed E-state index contributed by atoms with van der Waals surface area (Å²) in [4.78, 5) is 12.8. The van der Waals surface area contributed by atoms with Crippen LogP contribution >= 0.6 is 11.8 Å². The van der Waals surface area contributed by atoms with Gasteiger partial charge in [0.1, 0.15) is 5.75 Å². The van der Waals surface area contributed by atoms with E-state index in [0.717, 1.165) is 17.1 Å². The molecule has 0 aliphatic rings. The number of carbonyl (C=O) groups excluding carboxylic acids is 1. The van der Waals surface area contributed by atoms with Crippen LogP contribution in [-0.2, 0) is 4.79 Å². The van der Waals surface area contributed by atoms with Gasteiger partial charge in [-0.25, -0.2) is 0 Å². The van der Waals surface area contributed by atoms with E-state index < -0.39 is 0 Å². The minimum absolute atomic E-state index is 0.0167. The molecule has 1 aromatic rings. The van der Waals surface area contributed by atoms with Crippen LogP contribution in [0.4, 0.5) is 5.69 Å². The fraction of sp³-hybridized carbons (Fsp3) is 0.533. The van der Waals surface area contributed by atoms with Gasteiger partial charge in [-0.2, -0.15) is 0 Å². The van der Waals surface area contributed by atoms with Crippen LogP contribution in [0.25, 0.3) is 0 Å². The fourth-order valence-electron chi connectivity index (χ4n) is 1.54. The van der Waals surface area contributed by atoms with E-state index in [1.165, 1.54) is 11.8 Å². The zero-order valence-corrected chi connectivity index (χ0v) is 13.5. The molecule has 1 rings (SSSR count). The predicted molar refractivity (Wildman–Crippen MR) is 85.3 cm³/mol. The number of anilines is 1. The smallest absolute Gasteiger partial charge is 0.230 e. The molecule has 20 heavy (non-hydrogen) atoms. The summed E-state index contributed by atoms with van der Waals surface area (Å²) in [6, 6.07) is 5.52. The number of rotatable bonds is 7. The van der Waals surface area contributed by atoms with E-state index in [-0.39, 0.29) is 11.4 Å². The van der Waals surface area contributed by atoms with E-state index in [1.807, 2.05) is 32.9 Å². The molecular weight excluding hydrogens is 272 g/mol.